The maximum atomic E-state index is 12.4. The number of fused-ring (bicyclic) bond motifs is 3. The van der Waals surface area contributed by atoms with Crippen LogP contribution in [0.3, 0.4) is 0 Å². The highest BCUT2D eigenvalue weighted by molar-refractivity contribution is 8.00. The Bertz CT molecular complexity index is 985. The lowest BCUT2D eigenvalue weighted by Gasteiger charge is -2.18. The minimum Gasteiger partial charge on any atom is -0.494 e. The van der Waals surface area contributed by atoms with Crippen LogP contribution in [0.25, 0.3) is 10.2 Å². The van der Waals surface area contributed by atoms with Crippen molar-refractivity contribution in [3.63, 3.8) is 0 Å². The van der Waals surface area contributed by atoms with Crippen LogP contribution >= 0.6 is 23.1 Å². The zero-order chi connectivity index (χ0) is 19.5. The molecule has 7 heteroatoms. The maximum Gasteiger partial charge on any atom is 0.234 e. The summed E-state index contributed by atoms with van der Waals surface area (Å²) in [5.41, 5.74) is 2.16. The van der Waals surface area contributed by atoms with E-state index in [-0.39, 0.29) is 5.91 Å². The van der Waals surface area contributed by atoms with Crippen molar-refractivity contribution in [1.29, 1.82) is 0 Å². The van der Waals surface area contributed by atoms with Crippen LogP contribution in [0.4, 0.5) is 5.69 Å². The van der Waals surface area contributed by atoms with Crippen molar-refractivity contribution in [3.05, 3.63) is 41.0 Å². The zero-order valence-electron chi connectivity index (χ0n) is 16.0. The molecular formula is C21H23N3O2S2. The molecule has 0 bridgehead atoms. The van der Waals surface area contributed by atoms with Gasteiger partial charge in [0.25, 0.3) is 0 Å². The smallest absolute Gasteiger partial charge is 0.234 e. The molecule has 2 heterocycles. The minimum absolute atomic E-state index is 0.0429. The molecule has 1 atom stereocenters. The Kier molecular flexibility index (Phi) is 5.82. The number of benzene rings is 1. The standard InChI is InChI=1S/C21H23N3O2S2/c1-3-26-15-7-5-14(6-8-15)24-18(25)11-27-20-19-16-9-4-13(2)10-17(16)28-21(19)23-12-22-20/h5-8,12-13H,3-4,9-11H2,1-2H3,(H,24,25). The maximum absolute atomic E-state index is 12.4. The quantitative estimate of drug-likeness (QED) is 0.458. The Morgan fingerprint density at radius 3 is 2.93 bits per heavy atom. The highest BCUT2D eigenvalue weighted by Gasteiger charge is 2.23. The van der Waals surface area contributed by atoms with Crippen molar-refractivity contribution in [1.82, 2.24) is 9.97 Å². The molecule has 1 N–H and O–H groups in total. The van der Waals surface area contributed by atoms with Crippen LogP contribution in [-0.4, -0.2) is 28.2 Å². The summed E-state index contributed by atoms with van der Waals surface area (Å²) in [5.74, 6) is 1.80. The number of hydrogen-bond acceptors (Lipinski definition) is 6. The summed E-state index contributed by atoms with van der Waals surface area (Å²) >= 11 is 3.27. The molecular weight excluding hydrogens is 390 g/mol. The van der Waals surface area contributed by atoms with Crippen LogP contribution < -0.4 is 10.1 Å². The van der Waals surface area contributed by atoms with E-state index in [0.29, 0.717) is 12.4 Å². The summed E-state index contributed by atoms with van der Waals surface area (Å²) in [5, 5.41) is 5.01. The van der Waals surface area contributed by atoms with Gasteiger partial charge in [0, 0.05) is 16.0 Å². The molecule has 1 aromatic carbocycles. The summed E-state index contributed by atoms with van der Waals surface area (Å²) in [6, 6.07) is 7.43. The summed E-state index contributed by atoms with van der Waals surface area (Å²) in [6.07, 6.45) is 5.02. The molecule has 1 aliphatic carbocycles. The first-order valence-electron chi connectivity index (χ1n) is 9.54. The van der Waals surface area contributed by atoms with Crippen LogP contribution in [0.5, 0.6) is 5.75 Å². The lowest BCUT2D eigenvalue weighted by molar-refractivity contribution is -0.113. The summed E-state index contributed by atoms with van der Waals surface area (Å²) < 4.78 is 5.43. The Balaban J connectivity index is 1.44. The third-order valence-corrected chi connectivity index (χ3v) is 7.00. The second-order valence-corrected chi connectivity index (χ2v) is 9.05. The Hall–Kier alpha value is -2.12. The van der Waals surface area contributed by atoms with Gasteiger partial charge >= 0.3 is 0 Å². The summed E-state index contributed by atoms with van der Waals surface area (Å²) in [4.78, 5) is 23.8. The molecule has 4 rings (SSSR count). The molecule has 3 aromatic rings. The first kappa shape index (κ1) is 19.2. The Morgan fingerprint density at radius 1 is 1.32 bits per heavy atom. The number of thiophene rings is 1. The summed E-state index contributed by atoms with van der Waals surface area (Å²) in [7, 11) is 0. The van der Waals surface area contributed by atoms with Crippen molar-refractivity contribution < 1.29 is 9.53 Å². The molecule has 0 radical (unpaired) electrons. The van der Waals surface area contributed by atoms with Crippen LogP contribution in [0, 0.1) is 5.92 Å². The SMILES string of the molecule is CCOc1ccc(NC(=O)CSc2ncnc3sc4c(c23)CCC(C)C4)cc1. The number of ether oxygens (including phenoxy) is 1. The number of carbonyl (C=O) groups excluding carboxylic acids is 1. The number of thioether (sulfide) groups is 1. The predicted octanol–water partition coefficient (Wildman–Crippen LogP) is 4.95. The molecule has 0 saturated carbocycles. The fourth-order valence-corrected chi connectivity index (χ4v) is 5.73. The number of nitrogens with zero attached hydrogens (tertiary/aromatic N) is 2. The van der Waals surface area contributed by atoms with Crippen molar-refractivity contribution in [2.75, 3.05) is 17.7 Å². The van der Waals surface area contributed by atoms with Crippen molar-refractivity contribution >= 4 is 44.9 Å². The fraction of sp³-hybridized carbons (Fsp3) is 0.381. The second kappa shape index (κ2) is 8.49. The monoisotopic (exact) mass is 413 g/mol. The average Bonchev–Trinajstić information content (AvgIpc) is 3.06. The minimum atomic E-state index is -0.0429. The highest BCUT2D eigenvalue weighted by Crippen LogP contribution is 2.40. The van der Waals surface area contributed by atoms with Gasteiger partial charge in [-0.25, -0.2) is 9.97 Å². The summed E-state index contributed by atoms with van der Waals surface area (Å²) in [6.45, 7) is 4.88. The highest BCUT2D eigenvalue weighted by atomic mass is 32.2. The topological polar surface area (TPSA) is 64.1 Å². The number of hydrogen-bond donors (Lipinski definition) is 1. The normalized spacial score (nSPS) is 16.0. The van der Waals surface area contributed by atoms with Crippen molar-refractivity contribution in [2.45, 2.75) is 38.1 Å². The van der Waals surface area contributed by atoms with Crippen LogP contribution in [-0.2, 0) is 17.6 Å². The van der Waals surface area contributed by atoms with Gasteiger partial charge in [0.2, 0.25) is 5.91 Å². The van der Waals surface area contributed by atoms with Crippen LogP contribution in [0.1, 0.15) is 30.7 Å². The second-order valence-electron chi connectivity index (χ2n) is 7.00. The lowest BCUT2D eigenvalue weighted by atomic mass is 9.89. The molecule has 5 nitrogen and oxygen atoms in total. The molecule has 146 valence electrons. The Morgan fingerprint density at radius 2 is 2.14 bits per heavy atom. The largest absolute Gasteiger partial charge is 0.494 e. The molecule has 0 aliphatic heterocycles. The van der Waals surface area contributed by atoms with Crippen molar-refractivity contribution in [3.8, 4) is 5.75 Å². The average molecular weight is 414 g/mol. The van der Waals surface area contributed by atoms with Gasteiger partial charge in [-0.2, -0.15) is 0 Å². The first-order chi connectivity index (χ1) is 13.6. The molecule has 0 spiro atoms. The molecule has 28 heavy (non-hydrogen) atoms. The number of anilines is 1. The molecule has 1 amide bonds. The molecule has 1 aliphatic rings. The van der Waals surface area contributed by atoms with E-state index in [0.717, 1.165) is 45.4 Å². The van der Waals surface area contributed by atoms with Crippen molar-refractivity contribution in [2.24, 2.45) is 5.92 Å². The molecule has 0 saturated heterocycles. The van der Waals surface area contributed by atoms with Gasteiger partial charge in [-0.05, 0) is 61.9 Å². The van der Waals surface area contributed by atoms with E-state index in [1.807, 2.05) is 31.2 Å². The third kappa shape index (κ3) is 4.15. The number of carbonyl (C=O) groups is 1. The van der Waals surface area contributed by atoms with E-state index >= 15 is 0 Å². The zero-order valence-corrected chi connectivity index (χ0v) is 17.7. The number of amides is 1. The first-order valence-corrected chi connectivity index (χ1v) is 11.3. The van der Waals surface area contributed by atoms with Gasteiger partial charge in [-0.1, -0.05) is 18.7 Å². The van der Waals surface area contributed by atoms with Gasteiger partial charge in [-0.3, -0.25) is 4.79 Å². The van der Waals surface area contributed by atoms with E-state index in [9.17, 15) is 4.79 Å². The van der Waals surface area contributed by atoms with Gasteiger partial charge in [0.1, 0.15) is 21.9 Å². The van der Waals surface area contributed by atoms with E-state index in [4.69, 9.17) is 4.74 Å². The van der Waals surface area contributed by atoms with E-state index < -0.39 is 0 Å². The molecule has 0 fully saturated rings. The number of nitrogens with one attached hydrogen (secondary N) is 1. The lowest BCUT2D eigenvalue weighted by Crippen LogP contribution is -2.14. The van der Waals surface area contributed by atoms with Gasteiger partial charge in [0.05, 0.1) is 12.4 Å². The number of rotatable bonds is 6. The number of aryl methyl sites for hydroxylation is 1. The Labute approximate surface area is 172 Å². The van der Waals surface area contributed by atoms with Gasteiger partial charge < -0.3 is 10.1 Å². The van der Waals surface area contributed by atoms with E-state index in [1.165, 1.54) is 28.6 Å². The van der Waals surface area contributed by atoms with Crippen LogP contribution in [0.2, 0.25) is 0 Å². The fourth-order valence-electron chi connectivity index (χ4n) is 3.49. The van der Waals surface area contributed by atoms with Gasteiger partial charge in [0.15, 0.2) is 0 Å². The third-order valence-electron chi connectivity index (χ3n) is 4.85. The number of aromatic nitrogens is 2. The molecule has 1 unspecified atom stereocenters. The van der Waals surface area contributed by atoms with E-state index in [2.05, 4.69) is 22.2 Å². The van der Waals surface area contributed by atoms with Crippen LogP contribution in [0.15, 0.2) is 35.6 Å². The predicted molar refractivity (Wildman–Crippen MR) is 116 cm³/mol. The molecule has 2 aromatic heterocycles. The van der Waals surface area contributed by atoms with Gasteiger partial charge in [-0.15, -0.1) is 11.3 Å². The van der Waals surface area contributed by atoms with E-state index in [1.54, 1.807) is 17.7 Å².